The van der Waals surface area contributed by atoms with E-state index < -0.39 is 0 Å². The Labute approximate surface area is 184 Å². The van der Waals surface area contributed by atoms with E-state index in [0.29, 0.717) is 0 Å². The second-order valence-electron chi connectivity index (χ2n) is 8.54. The van der Waals surface area contributed by atoms with Crippen molar-refractivity contribution in [1.29, 1.82) is 0 Å². The average molecular weight is 429 g/mol. The second-order valence-corrected chi connectivity index (χ2v) is 8.54. The maximum atomic E-state index is 13.1. The minimum Gasteiger partial charge on any atom is -0.375 e. The van der Waals surface area contributed by atoms with E-state index >= 15 is 0 Å². The lowest BCUT2D eigenvalue weighted by Crippen LogP contribution is -2.46. The number of hydrogen-bond acceptors (Lipinski definition) is 4. The standard InChI is InChI=1S/C24H33FN4O2/c1-26-13-9-21-23(26)22(31-2)10-14-29(24(21)30)12-4-3-11-27-15-17-28(18-16-27)20-7-5-19(25)6-8-20/h5-9,13,22H,3-4,10-12,14-18H2,1-2H3. The highest BCUT2D eigenvalue weighted by Gasteiger charge is 2.30. The topological polar surface area (TPSA) is 41.0 Å². The normalized spacial score (nSPS) is 20.1. The minimum absolute atomic E-state index is 0.0265. The zero-order valence-electron chi connectivity index (χ0n) is 18.6. The smallest absolute Gasteiger partial charge is 0.255 e. The first kappa shape index (κ1) is 21.8. The number of anilines is 1. The van der Waals surface area contributed by atoms with E-state index in [9.17, 15) is 9.18 Å². The molecule has 168 valence electrons. The van der Waals surface area contributed by atoms with E-state index in [4.69, 9.17) is 4.74 Å². The number of methoxy groups -OCH3 is 1. The first-order valence-corrected chi connectivity index (χ1v) is 11.3. The summed E-state index contributed by atoms with van der Waals surface area (Å²) in [6.07, 6.45) is 4.84. The minimum atomic E-state index is -0.188. The molecular formula is C24H33FN4O2. The van der Waals surface area contributed by atoms with Crippen molar-refractivity contribution in [3.05, 3.63) is 53.6 Å². The fraction of sp³-hybridized carbons (Fsp3) is 0.542. The quantitative estimate of drug-likeness (QED) is 0.635. The third-order valence-corrected chi connectivity index (χ3v) is 6.61. The molecule has 7 heteroatoms. The Kier molecular flexibility index (Phi) is 6.92. The van der Waals surface area contributed by atoms with E-state index in [1.54, 1.807) is 7.11 Å². The predicted molar refractivity (Wildman–Crippen MR) is 120 cm³/mol. The summed E-state index contributed by atoms with van der Waals surface area (Å²) in [7, 11) is 3.70. The summed E-state index contributed by atoms with van der Waals surface area (Å²) in [5, 5.41) is 0. The number of nitrogens with zero attached hydrogens (tertiary/aromatic N) is 4. The molecular weight excluding hydrogens is 395 g/mol. The van der Waals surface area contributed by atoms with Crippen LogP contribution in [0.15, 0.2) is 36.5 Å². The van der Waals surface area contributed by atoms with Gasteiger partial charge in [-0.05, 0) is 56.1 Å². The van der Waals surface area contributed by atoms with Gasteiger partial charge in [-0.2, -0.15) is 0 Å². The van der Waals surface area contributed by atoms with Gasteiger partial charge in [-0.3, -0.25) is 9.69 Å². The van der Waals surface area contributed by atoms with Crippen molar-refractivity contribution in [3.8, 4) is 0 Å². The van der Waals surface area contributed by atoms with Crippen LogP contribution < -0.4 is 4.90 Å². The summed E-state index contributed by atoms with van der Waals surface area (Å²) < 4.78 is 20.8. The highest BCUT2D eigenvalue weighted by molar-refractivity contribution is 5.96. The number of rotatable bonds is 7. The molecule has 4 rings (SSSR count). The van der Waals surface area contributed by atoms with Crippen LogP contribution in [0.25, 0.3) is 0 Å². The van der Waals surface area contributed by atoms with E-state index in [1.807, 2.05) is 40.9 Å². The molecule has 1 amide bonds. The average Bonchev–Trinajstić information content (AvgIpc) is 3.11. The lowest BCUT2D eigenvalue weighted by atomic mass is 10.1. The molecule has 0 spiro atoms. The van der Waals surface area contributed by atoms with Crippen LogP contribution in [0, 0.1) is 5.82 Å². The summed E-state index contributed by atoms with van der Waals surface area (Å²) in [5.41, 5.74) is 2.87. The van der Waals surface area contributed by atoms with Gasteiger partial charge in [0.15, 0.2) is 0 Å². The molecule has 0 saturated carbocycles. The molecule has 6 nitrogen and oxygen atoms in total. The molecule has 2 aliphatic rings. The number of aromatic nitrogens is 1. The number of carbonyl (C=O) groups is 1. The van der Waals surface area contributed by atoms with Gasteiger partial charge >= 0.3 is 0 Å². The number of carbonyl (C=O) groups excluding carboxylic acids is 1. The van der Waals surface area contributed by atoms with Crippen molar-refractivity contribution >= 4 is 11.6 Å². The molecule has 31 heavy (non-hydrogen) atoms. The number of benzene rings is 1. The summed E-state index contributed by atoms with van der Waals surface area (Å²) in [6, 6.07) is 8.69. The van der Waals surface area contributed by atoms with Crippen molar-refractivity contribution in [2.75, 3.05) is 57.8 Å². The van der Waals surface area contributed by atoms with Crippen LogP contribution in [0.2, 0.25) is 0 Å². The van der Waals surface area contributed by atoms with Crippen LogP contribution in [-0.2, 0) is 11.8 Å². The number of amides is 1. The SMILES string of the molecule is COC1CCN(CCCCN2CCN(c3ccc(F)cc3)CC2)C(=O)c2ccn(C)c21. The van der Waals surface area contributed by atoms with Crippen molar-refractivity contribution in [1.82, 2.24) is 14.4 Å². The lowest BCUT2D eigenvalue weighted by molar-refractivity contribution is 0.0693. The largest absolute Gasteiger partial charge is 0.375 e. The zero-order valence-corrected chi connectivity index (χ0v) is 18.6. The Morgan fingerprint density at radius 2 is 1.71 bits per heavy atom. The van der Waals surface area contributed by atoms with Gasteiger partial charge in [0.05, 0.1) is 17.4 Å². The van der Waals surface area contributed by atoms with Gasteiger partial charge < -0.3 is 19.1 Å². The lowest BCUT2D eigenvalue weighted by Gasteiger charge is -2.36. The predicted octanol–water partition coefficient (Wildman–Crippen LogP) is 3.30. The van der Waals surface area contributed by atoms with E-state index in [1.165, 1.54) is 12.1 Å². The summed E-state index contributed by atoms with van der Waals surface area (Å²) >= 11 is 0. The number of aryl methyl sites for hydroxylation is 1. The molecule has 1 atom stereocenters. The number of ether oxygens (including phenoxy) is 1. The molecule has 0 aliphatic carbocycles. The molecule has 1 fully saturated rings. The molecule has 1 aromatic heterocycles. The Morgan fingerprint density at radius 3 is 2.42 bits per heavy atom. The monoisotopic (exact) mass is 428 g/mol. The molecule has 1 saturated heterocycles. The van der Waals surface area contributed by atoms with Gasteiger partial charge in [-0.25, -0.2) is 4.39 Å². The van der Waals surface area contributed by atoms with Gasteiger partial charge in [0.25, 0.3) is 5.91 Å². The number of fused-ring (bicyclic) bond motifs is 1. The van der Waals surface area contributed by atoms with Crippen LogP contribution in [0.1, 0.15) is 41.4 Å². The summed E-state index contributed by atoms with van der Waals surface area (Å²) in [6.45, 7) is 6.54. The van der Waals surface area contributed by atoms with E-state index in [-0.39, 0.29) is 17.8 Å². The molecule has 2 aromatic rings. The molecule has 3 heterocycles. The maximum absolute atomic E-state index is 13.1. The number of unbranched alkanes of at least 4 members (excludes halogenated alkanes) is 1. The van der Waals surface area contributed by atoms with Gasteiger partial charge in [-0.1, -0.05) is 0 Å². The van der Waals surface area contributed by atoms with Crippen LogP contribution in [0.4, 0.5) is 10.1 Å². The van der Waals surface area contributed by atoms with Crippen LogP contribution in [0.3, 0.4) is 0 Å². The first-order valence-electron chi connectivity index (χ1n) is 11.3. The summed E-state index contributed by atoms with van der Waals surface area (Å²) in [4.78, 5) is 19.8. The van der Waals surface area contributed by atoms with E-state index in [0.717, 1.165) is 82.0 Å². The van der Waals surface area contributed by atoms with Crippen LogP contribution in [0.5, 0.6) is 0 Å². The van der Waals surface area contributed by atoms with Gasteiger partial charge in [0.1, 0.15) is 5.82 Å². The first-order chi connectivity index (χ1) is 15.1. The van der Waals surface area contributed by atoms with Gasteiger partial charge in [0.2, 0.25) is 0 Å². The fourth-order valence-electron chi connectivity index (χ4n) is 4.77. The molecule has 0 bridgehead atoms. The number of hydrogen-bond donors (Lipinski definition) is 0. The van der Waals surface area contributed by atoms with Crippen molar-refractivity contribution in [3.63, 3.8) is 0 Å². The third kappa shape index (κ3) is 4.93. The van der Waals surface area contributed by atoms with Crippen LogP contribution in [-0.4, -0.2) is 73.2 Å². The van der Waals surface area contributed by atoms with Crippen molar-refractivity contribution in [2.24, 2.45) is 7.05 Å². The fourth-order valence-corrected chi connectivity index (χ4v) is 4.77. The molecule has 1 unspecified atom stereocenters. The molecule has 0 radical (unpaired) electrons. The maximum Gasteiger partial charge on any atom is 0.255 e. The Balaban J connectivity index is 1.22. The molecule has 1 aromatic carbocycles. The van der Waals surface area contributed by atoms with Crippen LogP contribution >= 0.6 is 0 Å². The van der Waals surface area contributed by atoms with Crippen molar-refractivity contribution in [2.45, 2.75) is 25.4 Å². The summed E-state index contributed by atoms with van der Waals surface area (Å²) in [5.74, 6) is -0.0606. The Bertz CT molecular complexity index is 874. The Morgan fingerprint density at radius 1 is 1.00 bits per heavy atom. The molecule has 2 aliphatic heterocycles. The highest BCUT2D eigenvalue weighted by Crippen LogP contribution is 2.29. The highest BCUT2D eigenvalue weighted by atomic mass is 19.1. The second kappa shape index (κ2) is 9.83. The van der Waals surface area contributed by atoms with E-state index in [2.05, 4.69) is 9.80 Å². The van der Waals surface area contributed by atoms with Crippen molar-refractivity contribution < 1.29 is 13.9 Å². The number of piperazine rings is 1. The Hall–Kier alpha value is -2.38. The third-order valence-electron chi connectivity index (χ3n) is 6.61. The van der Waals surface area contributed by atoms with Gasteiger partial charge in [0, 0.05) is 65.3 Å². The zero-order chi connectivity index (χ0) is 21.8. The number of halogens is 1. The van der Waals surface area contributed by atoms with Gasteiger partial charge in [-0.15, -0.1) is 0 Å². The molecule has 0 N–H and O–H groups in total.